The van der Waals surface area contributed by atoms with Crippen LogP contribution < -0.4 is 4.90 Å². The van der Waals surface area contributed by atoms with Crippen molar-refractivity contribution in [3.05, 3.63) is 88.6 Å². The van der Waals surface area contributed by atoms with Gasteiger partial charge < -0.3 is 15.0 Å². The smallest absolute Gasteiger partial charge is 0.358 e. The second kappa shape index (κ2) is 8.06. The summed E-state index contributed by atoms with van der Waals surface area (Å²) in [6.07, 6.45) is 2.15. The first-order valence-electron chi connectivity index (χ1n) is 8.20. The van der Waals surface area contributed by atoms with Gasteiger partial charge in [0.25, 0.3) is 5.91 Å². The van der Waals surface area contributed by atoms with Crippen molar-refractivity contribution in [1.29, 1.82) is 0 Å². The molecule has 0 aliphatic rings. The highest BCUT2D eigenvalue weighted by molar-refractivity contribution is 5.93. The first-order chi connectivity index (χ1) is 12.6. The van der Waals surface area contributed by atoms with Gasteiger partial charge in [0.15, 0.2) is 0 Å². The molecule has 0 spiro atoms. The molecule has 132 valence electrons. The molecule has 3 rings (SSSR count). The van der Waals surface area contributed by atoms with Crippen LogP contribution in [-0.2, 0) is 17.8 Å². The number of amides is 1. The van der Waals surface area contributed by atoms with E-state index in [2.05, 4.69) is 5.10 Å². The first kappa shape index (κ1) is 17.3. The number of carbonyl (C=O) groups excluding carboxylic acids is 1. The van der Waals surface area contributed by atoms with E-state index < -0.39 is 4.92 Å². The fourth-order valence-corrected chi connectivity index (χ4v) is 2.65. The number of carbonyl (C=O) groups is 1. The van der Waals surface area contributed by atoms with E-state index in [9.17, 15) is 14.9 Å². The second-order valence-electron chi connectivity index (χ2n) is 5.75. The number of hydrogen-bond acceptors (Lipinski definition) is 4. The van der Waals surface area contributed by atoms with Gasteiger partial charge in [-0.3, -0.25) is 4.79 Å². The summed E-state index contributed by atoms with van der Waals surface area (Å²) in [5.41, 5.74) is 1.92. The Morgan fingerprint density at radius 3 is 2.31 bits per heavy atom. The summed E-state index contributed by atoms with van der Waals surface area (Å²) in [5.74, 6) is -0.446. The molecule has 0 N–H and O–H groups in total. The summed E-state index contributed by atoms with van der Waals surface area (Å²) >= 11 is 0. The number of rotatable bonds is 7. The number of benzene rings is 2. The van der Waals surface area contributed by atoms with Crippen molar-refractivity contribution in [1.82, 2.24) is 9.78 Å². The Morgan fingerprint density at radius 2 is 1.69 bits per heavy atom. The van der Waals surface area contributed by atoms with Crippen LogP contribution in [0.1, 0.15) is 5.56 Å². The number of anilines is 1. The molecule has 0 bridgehead atoms. The number of para-hydroxylation sites is 1. The molecule has 3 aromatic rings. The van der Waals surface area contributed by atoms with Crippen molar-refractivity contribution >= 4 is 17.4 Å². The molecule has 0 aliphatic carbocycles. The third-order valence-electron chi connectivity index (χ3n) is 3.95. The topological polar surface area (TPSA) is 81.3 Å². The maximum Gasteiger partial charge on any atom is 0.389 e. The summed E-state index contributed by atoms with van der Waals surface area (Å²) in [6.45, 7) is 0.452. The Kier molecular flexibility index (Phi) is 5.38. The lowest BCUT2D eigenvalue weighted by Gasteiger charge is -2.22. The highest BCUT2D eigenvalue weighted by atomic mass is 16.6. The Bertz CT molecular complexity index is 878. The predicted molar refractivity (Wildman–Crippen MR) is 97.8 cm³/mol. The second-order valence-corrected chi connectivity index (χ2v) is 5.75. The molecular weight excluding hydrogens is 332 g/mol. The Balaban J connectivity index is 1.75. The molecule has 7 nitrogen and oxygen atoms in total. The zero-order valence-corrected chi connectivity index (χ0v) is 14.1. The van der Waals surface area contributed by atoms with Gasteiger partial charge in [-0.25, -0.2) is 0 Å². The quantitative estimate of drug-likeness (QED) is 0.484. The first-order valence-corrected chi connectivity index (χ1v) is 8.20. The number of aromatic nitrogens is 2. The third-order valence-corrected chi connectivity index (χ3v) is 3.95. The van der Waals surface area contributed by atoms with Crippen molar-refractivity contribution in [2.24, 2.45) is 0 Å². The minimum atomic E-state index is -0.578. The van der Waals surface area contributed by atoms with Gasteiger partial charge in [0.2, 0.25) is 0 Å². The van der Waals surface area contributed by atoms with Crippen molar-refractivity contribution in [2.75, 3.05) is 11.4 Å². The molecular formula is C19H18N4O3. The summed E-state index contributed by atoms with van der Waals surface area (Å²) in [5, 5.41) is 14.6. The van der Waals surface area contributed by atoms with Crippen LogP contribution in [-0.4, -0.2) is 27.2 Å². The highest BCUT2D eigenvalue weighted by Crippen LogP contribution is 2.16. The Labute approximate surface area is 150 Å². The van der Waals surface area contributed by atoms with E-state index in [4.69, 9.17) is 0 Å². The summed E-state index contributed by atoms with van der Waals surface area (Å²) in [6, 6.07) is 20.6. The number of nitrogens with zero attached hydrogens (tertiary/aromatic N) is 4. The lowest BCUT2D eigenvalue weighted by atomic mass is 10.1. The minimum absolute atomic E-state index is 0.0580. The maximum atomic E-state index is 12.8. The summed E-state index contributed by atoms with van der Waals surface area (Å²) in [7, 11) is 0. The van der Waals surface area contributed by atoms with Crippen LogP contribution in [0, 0.1) is 10.1 Å². The predicted octanol–water partition coefficient (Wildman–Crippen LogP) is 3.07. The lowest BCUT2D eigenvalue weighted by Crippen LogP contribution is -2.35. The van der Waals surface area contributed by atoms with E-state index >= 15 is 0 Å². The molecule has 0 radical (unpaired) electrons. The summed E-state index contributed by atoms with van der Waals surface area (Å²) < 4.78 is 1.29. The molecule has 1 aromatic heterocycles. The standard InChI is InChI=1S/C19H18N4O3/c24-19(15-21-13-12-18(20-21)23(25)26)22(17-9-5-2-6-10-17)14-11-16-7-3-1-4-8-16/h1-10,12-13H,11,14-15H2. The number of nitro groups is 1. The van der Waals surface area contributed by atoms with Gasteiger partial charge in [-0.2, -0.15) is 4.68 Å². The van der Waals surface area contributed by atoms with Crippen molar-refractivity contribution in [3.63, 3.8) is 0 Å². The molecule has 0 unspecified atom stereocenters. The van der Waals surface area contributed by atoms with E-state index in [0.29, 0.717) is 13.0 Å². The van der Waals surface area contributed by atoms with Gasteiger partial charge in [-0.1, -0.05) is 48.5 Å². The molecule has 0 fully saturated rings. The Morgan fingerprint density at radius 1 is 1.04 bits per heavy atom. The zero-order chi connectivity index (χ0) is 18.4. The largest absolute Gasteiger partial charge is 0.389 e. The fourth-order valence-electron chi connectivity index (χ4n) is 2.65. The van der Waals surface area contributed by atoms with Gasteiger partial charge in [0, 0.05) is 12.2 Å². The maximum absolute atomic E-state index is 12.8. The van der Waals surface area contributed by atoms with E-state index in [1.54, 1.807) is 4.90 Å². The molecule has 1 heterocycles. The summed E-state index contributed by atoms with van der Waals surface area (Å²) in [4.78, 5) is 24.7. The van der Waals surface area contributed by atoms with Gasteiger partial charge in [0.05, 0.1) is 17.4 Å². The van der Waals surface area contributed by atoms with Crippen LogP contribution in [0.5, 0.6) is 0 Å². The van der Waals surface area contributed by atoms with Crippen molar-refractivity contribution in [3.8, 4) is 0 Å². The lowest BCUT2D eigenvalue weighted by molar-refractivity contribution is -0.389. The van der Waals surface area contributed by atoms with Crippen LogP contribution in [0.3, 0.4) is 0 Å². The monoisotopic (exact) mass is 350 g/mol. The minimum Gasteiger partial charge on any atom is -0.358 e. The normalized spacial score (nSPS) is 10.5. The van der Waals surface area contributed by atoms with Gasteiger partial charge in [-0.05, 0) is 29.0 Å². The van der Waals surface area contributed by atoms with Crippen LogP contribution in [0.2, 0.25) is 0 Å². The van der Waals surface area contributed by atoms with Gasteiger partial charge in [0.1, 0.15) is 6.54 Å². The average Bonchev–Trinajstić information content (AvgIpc) is 3.12. The van der Waals surface area contributed by atoms with Crippen LogP contribution in [0.25, 0.3) is 0 Å². The van der Waals surface area contributed by atoms with Crippen LogP contribution in [0.15, 0.2) is 72.9 Å². The van der Waals surface area contributed by atoms with E-state index in [-0.39, 0.29) is 18.3 Å². The van der Waals surface area contributed by atoms with Crippen molar-refractivity contribution in [2.45, 2.75) is 13.0 Å². The SMILES string of the molecule is O=C(Cn1ccc([N+](=O)[O-])n1)N(CCc1ccccc1)c1ccccc1. The van der Waals surface area contributed by atoms with Crippen LogP contribution >= 0.6 is 0 Å². The number of hydrogen-bond donors (Lipinski definition) is 0. The zero-order valence-electron chi connectivity index (χ0n) is 14.1. The van der Waals surface area contributed by atoms with Gasteiger partial charge >= 0.3 is 5.82 Å². The Hall–Kier alpha value is -3.48. The molecule has 0 saturated heterocycles. The molecule has 7 heteroatoms. The van der Waals surface area contributed by atoms with E-state index in [1.165, 1.54) is 16.9 Å². The van der Waals surface area contributed by atoms with Crippen LogP contribution in [0.4, 0.5) is 11.5 Å². The molecule has 2 aromatic carbocycles. The highest BCUT2D eigenvalue weighted by Gasteiger charge is 2.19. The third kappa shape index (κ3) is 4.32. The molecule has 26 heavy (non-hydrogen) atoms. The molecule has 1 amide bonds. The fraction of sp³-hybridized carbons (Fsp3) is 0.158. The average molecular weight is 350 g/mol. The van der Waals surface area contributed by atoms with Crippen molar-refractivity contribution < 1.29 is 9.72 Å². The van der Waals surface area contributed by atoms with E-state index in [0.717, 1.165) is 11.3 Å². The van der Waals surface area contributed by atoms with Gasteiger partial charge in [-0.15, -0.1) is 0 Å². The van der Waals surface area contributed by atoms with E-state index in [1.807, 2.05) is 60.7 Å². The molecule has 0 saturated carbocycles. The molecule has 0 atom stereocenters. The molecule has 0 aliphatic heterocycles.